The Bertz CT molecular complexity index is 2740. The summed E-state index contributed by atoms with van der Waals surface area (Å²) in [5.41, 5.74) is 20.1. The average molecular weight is 756 g/mol. The summed E-state index contributed by atoms with van der Waals surface area (Å²) in [6.45, 7) is 19.4. The lowest BCUT2D eigenvalue weighted by Gasteiger charge is -2.42. The van der Waals surface area contributed by atoms with Gasteiger partial charge in [-0.1, -0.05) is 176 Å². The van der Waals surface area contributed by atoms with E-state index in [1.807, 2.05) is 0 Å². The lowest BCUT2D eigenvalue weighted by Crippen LogP contribution is -2.49. The van der Waals surface area contributed by atoms with E-state index in [4.69, 9.17) is 0 Å². The normalized spacial score (nSPS) is 17.2. The van der Waals surface area contributed by atoms with Crippen LogP contribution < -0.4 is 15.3 Å². The van der Waals surface area contributed by atoms with E-state index in [-0.39, 0.29) is 16.2 Å². The summed E-state index contributed by atoms with van der Waals surface area (Å²) in [5, 5.41) is 3.07. The summed E-state index contributed by atoms with van der Waals surface area (Å²) in [7, 11) is -1.86. The highest BCUT2D eigenvalue weighted by Crippen LogP contribution is 2.52. The Balaban J connectivity index is 1.12. The molecule has 0 unspecified atom stereocenters. The van der Waals surface area contributed by atoms with E-state index in [0.717, 1.165) is 5.69 Å². The first-order valence-electron chi connectivity index (χ1n) is 20.9. The molecule has 0 aromatic heterocycles. The summed E-state index contributed by atoms with van der Waals surface area (Å²) in [4.78, 5) is 2.50. The molecule has 1 heterocycles. The molecule has 0 saturated heterocycles. The highest BCUT2D eigenvalue weighted by atomic mass is 28.3. The summed E-state index contributed by atoms with van der Waals surface area (Å²) in [6.07, 6.45) is 2.44. The molecule has 0 saturated carbocycles. The number of anilines is 3. The van der Waals surface area contributed by atoms with Crippen LogP contribution in [0.4, 0.5) is 17.1 Å². The number of fused-ring (bicyclic) bond motifs is 7. The van der Waals surface area contributed by atoms with Crippen molar-refractivity contribution >= 4 is 35.5 Å². The monoisotopic (exact) mass is 755 g/mol. The van der Waals surface area contributed by atoms with E-state index in [1.165, 1.54) is 96.2 Å². The van der Waals surface area contributed by atoms with Crippen molar-refractivity contribution in [2.75, 3.05) is 4.90 Å². The number of hydrogen-bond acceptors (Lipinski definition) is 1. The van der Waals surface area contributed by atoms with Crippen molar-refractivity contribution in [1.29, 1.82) is 0 Å². The third-order valence-electron chi connectivity index (χ3n) is 14.2. The first-order chi connectivity index (χ1) is 27.3. The first-order valence-corrected chi connectivity index (χ1v) is 23.9. The third kappa shape index (κ3) is 5.47. The van der Waals surface area contributed by atoms with Crippen LogP contribution in [0.1, 0.15) is 76.6 Å². The zero-order chi connectivity index (χ0) is 39.5. The van der Waals surface area contributed by atoms with Gasteiger partial charge in [-0.2, -0.15) is 0 Å². The maximum absolute atomic E-state index is 2.52. The third-order valence-corrected chi connectivity index (χ3v) is 17.7. The van der Waals surface area contributed by atoms with Crippen molar-refractivity contribution < 1.29 is 0 Å². The van der Waals surface area contributed by atoms with Crippen molar-refractivity contribution in [3.05, 3.63) is 174 Å². The minimum atomic E-state index is -1.86. The molecule has 3 aliphatic rings. The predicted molar refractivity (Wildman–Crippen MR) is 247 cm³/mol. The van der Waals surface area contributed by atoms with Gasteiger partial charge in [0.25, 0.3) is 0 Å². The SMILES string of the molecule is CC1(C)CCC(C)(C)c2cc(-c3ccc(N(c4ccc5c(c4)C(C)(C)c4ccccc4-5)c4ccccc4-c4ccc5c(c4)[Si](C)(C)c4ccccc4-5)cc3)ccc21. The Labute approximate surface area is 341 Å². The molecule has 0 amide bonds. The molecule has 10 rings (SSSR count). The summed E-state index contributed by atoms with van der Waals surface area (Å²) in [6, 6.07) is 58.0. The molecule has 7 aromatic carbocycles. The molecule has 0 bridgehead atoms. The van der Waals surface area contributed by atoms with E-state index < -0.39 is 8.07 Å². The molecular formula is C55H53NSi. The van der Waals surface area contributed by atoms with Crippen LogP contribution in [0.3, 0.4) is 0 Å². The molecule has 1 aliphatic heterocycles. The van der Waals surface area contributed by atoms with Gasteiger partial charge in [0.1, 0.15) is 8.07 Å². The maximum atomic E-state index is 2.52. The number of rotatable bonds is 5. The Morgan fingerprint density at radius 3 is 1.74 bits per heavy atom. The standard InChI is InChI=1S/C55H53NSi/c1-53(2)31-32-54(3,4)49-33-37(24-30-47(49)53)36-21-25-39(26-22-36)56(40-27-29-43-42-16-9-12-18-46(42)55(5,6)48(43)35-40)50-19-13-10-15-41(50)38-23-28-45-44-17-11-14-20-51(44)57(7,8)52(45)34-38/h9-30,33-35H,31-32H2,1-8H3. The van der Waals surface area contributed by atoms with Gasteiger partial charge in [0.05, 0.1) is 5.69 Å². The van der Waals surface area contributed by atoms with E-state index in [1.54, 1.807) is 5.19 Å². The van der Waals surface area contributed by atoms with Gasteiger partial charge >= 0.3 is 0 Å². The first kappa shape index (κ1) is 35.9. The highest BCUT2D eigenvalue weighted by molar-refractivity contribution is 7.03. The Kier molecular flexibility index (Phi) is 7.90. The fourth-order valence-electron chi connectivity index (χ4n) is 10.6. The van der Waals surface area contributed by atoms with Gasteiger partial charge in [0.15, 0.2) is 0 Å². The van der Waals surface area contributed by atoms with Crippen molar-refractivity contribution in [3.63, 3.8) is 0 Å². The molecule has 2 heteroatoms. The van der Waals surface area contributed by atoms with Crippen LogP contribution in [0.15, 0.2) is 152 Å². The van der Waals surface area contributed by atoms with E-state index >= 15 is 0 Å². The van der Waals surface area contributed by atoms with Gasteiger partial charge in [0, 0.05) is 22.4 Å². The van der Waals surface area contributed by atoms with Crippen LogP contribution in [-0.2, 0) is 16.2 Å². The van der Waals surface area contributed by atoms with Crippen LogP contribution in [0.5, 0.6) is 0 Å². The Hall–Kier alpha value is -5.44. The van der Waals surface area contributed by atoms with Gasteiger partial charge in [0.2, 0.25) is 0 Å². The second-order valence-electron chi connectivity index (χ2n) is 19.3. The summed E-state index contributed by atoms with van der Waals surface area (Å²) < 4.78 is 0. The van der Waals surface area contributed by atoms with Crippen molar-refractivity contribution in [3.8, 4) is 44.5 Å². The second-order valence-corrected chi connectivity index (χ2v) is 23.6. The van der Waals surface area contributed by atoms with Crippen LogP contribution in [0.2, 0.25) is 13.1 Å². The fourth-order valence-corrected chi connectivity index (χ4v) is 13.7. The van der Waals surface area contributed by atoms with E-state index in [9.17, 15) is 0 Å². The minimum absolute atomic E-state index is 0.100. The van der Waals surface area contributed by atoms with Crippen LogP contribution in [0.25, 0.3) is 44.5 Å². The molecule has 282 valence electrons. The number of nitrogens with zero attached hydrogens (tertiary/aromatic N) is 1. The number of hydrogen-bond donors (Lipinski definition) is 0. The van der Waals surface area contributed by atoms with Crippen molar-refractivity contribution in [2.24, 2.45) is 0 Å². The fraction of sp³-hybridized carbons (Fsp3) is 0.236. The lowest BCUT2D eigenvalue weighted by molar-refractivity contribution is 0.332. The Morgan fingerprint density at radius 2 is 0.965 bits per heavy atom. The lowest BCUT2D eigenvalue weighted by atomic mass is 9.63. The number of para-hydroxylation sites is 1. The van der Waals surface area contributed by atoms with Crippen molar-refractivity contribution in [2.45, 2.75) is 83.7 Å². The molecule has 0 atom stereocenters. The zero-order valence-corrected chi connectivity index (χ0v) is 35.8. The largest absolute Gasteiger partial charge is 0.310 e. The molecule has 0 radical (unpaired) electrons. The molecule has 7 aromatic rings. The molecule has 57 heavy (non-hydrogen) atoms. The smallest absolute Gasteiger partial charge is 0.113 e. The van der Waals surface area contributed by atoms with Gasteiger partial charge < -0.3 is 4.90 Å². The molecule has 0 N–H and O–H groups in total. The van der Waals surface area contributed by atoms with Crippen molar-refractivity contribution in [1.82, 2.24) is 0 Å². The number of benzene rings is 7. The summed E-state index contributed by atoms with van der Waals surface area (Å²) in [5.74, 6) is 0. The molecule has 2 aliphatic carbocycles. The predicted octanol–water partition coefficient (Wildman–Crippen LogP) is 13.9. The average Bonchev–Trinajstić information content (AvgIpc) is 3.59. The van der Waals surface area contributed by atoms with Gasteiger partial charge in [-0.3, -0.25) is 0 Å². The Morgan fingerprint density at radius 1 is 0.404 bits per heavy atom. The van der Waals surface area contributed by atoms with E-state index in [0.29, 0.717) is 0 Å². The van der Waals surface area contributed by atoms with Gasteiger partial charge in [-0.15, -0.1) is 0 Å². The van der Waals surface area contributed by atoms with Crippen LogP contribution in [0, 0.1) is 0 Å². The topological polar surface area (TPSA) is 3.24 Å². The maximum Gasteiger partial charge on any atom is 0.113 e. The molecule has 0 spiro atoms. The minimum Gasteiger partial charge on any atom is -0.310 e. The highest BCUT2D eigenvalue weighted by Gasteiger charge is 2.39. The second kappa shape index (κ2) is 12.5. The van der Waals surface area contributed by atoms with E-state index in [2.05, 4.69) is 211 Å². The van der Waals surface area contributed by atoms with Crippen LogP contribution in [-0.4, -0.2) is 8.07 Å². The van der Waals surface area contributed by atoms with Crippen LogP contribution >= 0.6 is 0 Å². The van der Waals surface area contributed by atoms with Gasteiger partial charge in [-0.05, 0) is 126 Å². The zero-order valence-electron chi connectivity index (χ0n) is 34.8. The summed E-state index contributed by atoms with van der Waals surface area (Å²) >= 11 is 0. The quantitative estimate of drug-likeness (QED) is 0.158. The molecule has 0 fully saturated rings. The molecular weight excluding hydrogens is 703 g/mol. The molecule has 1 nitrogen and oxygen atoms in total. The van der Waals surface area contributed by atoms with Gasteiger partial charge in [-0.25, -0.2) is 0 Å².